The van der Waals surface area contributed by atoms with Crippen LogP contribution in [-0.4, -0.2) is 35.1 Å². The number of hydrogen-bond donors (Lipinski definition) is 1. The maximum Gasteiger partial charge on any atom is 0.0776 e. The van der Waals surface area contributed by atoms with E-state index in [1.165, 1.54) is 18.5 Å². The molecule has 1 saturated heterocycles. The summed E-state index contributed by atoms with van der Waals surface area (Å²) in [6.45, 7) is 7.24. The van der Waals surface area contributed by atoms with Gasteiger partial charge in [0.15, 0.2) is 0 Å². The Balaban J connectivity index is 1.73. The number of hydrogen-bond acceptors (Lipinski definition) is 3. The van der Waals surface area contributed by atoms with Crippen LogP contribution in [0.1, 0.15) is 31.9 Å². The van der Waals surface area contributed by atoms with Crippen LogP contribution in [0.4, 0.5) is 0 Å². The maximum atomic E-state index is 6.01. The standard InChI is InChI=1S/C13H23N3O/c1-3-7-14-9-12-4-5-13(17-12)10-16-11(2)6-8-15-16/h6,8,12-14H,3-5,7,9-10H2,1-2H3. The molecule has 1 aliphatic rings. The monoisotopic (exact) mass is 237 g/mol. The van der Waals surface area contributed by atoms with Gasteiger partial charge in [0.25, 0.3) is 0 Å². The van der Waals surface area contributed by atoms with Crippen molar-refractivity contribution in [2.45, 2.75) is 51.9 Å². The topological polar surface area (TPSA) is 39.1 Å². The van der Waals surface area contributed by atoms with Crippen molar-refractivity contribution < 1.29 is 4.74 Å². The van der Waals surface area contributed by atoms with Gasteiger partial charge in [-0.1, -0.05) is 6.92 Å². The molecule has 1 fully saturated rings. The lowest BCUT2D eigenvalue weighted by atomic mass is 10.2. The molecule has 0 saturated carbocycles. The van der Waals surface area contributed by atoms with Crippen LogP contribution in [0.25, 0.3) is 0 Å². The van der Waals surface area contributed by atoms with Crippen molar-refractivity contribution in [1.29, 1.82) is 0 Å². The Morgan fingerprint density at radius 2 is 2.29 bits per heavy atom. The molecule has 4 heteroatoms. The number of nitrogens with one attached hydrogen (secondary N) is 1. The minimum Gasteiger partial charge on any atom is -0.372 e. The van der Waals surface area contributed by atoms with Gasteiger partial charge in [-0.15, -0.1) is 0 Å². The smallest absolute Gasteiger partial charge is 0.0776 e. The first kappa shape index (κ1) is 12.6. The van der Waals surface area contributed by atoms with E-state index >= 15 is 0 Å². The van der Waals surface area contributed by atoms with Gasteiger partial charge >= 0.3 is 0 Å². The molecule has 1 N–H and O–H groups in total. The highest BCUT2D eigenvalue weighted by molar-refractivity contribution is 4.97. The van der Waals surface area contributed by atoms with Crippen LogP contribution in [0.3, 0.4) is 0 Å². The first-order chi connectivity index (χ1) is 8.29. The van der Waals surface area contributed by atoms with Crippen molar-refractivity contribution in [3.05, 3.63) is 18.0 Å². The Morgan fingerprint density at radius 1 is 1.47 bits per heavy atom. The van der Waals surface area contributed by atoms with Crippen LogP contribution in [0, 0.1) is 6.92 Å². The zero-order valence-electron chi connectivity index (χ0n) is 10.9. The summed E-state index contributed by atoms with van der Waals surface area (Å²) in [6, 6.07) is 2.04. The predicted octanol–water partition coefficient (Wildman–Crippen LogP) is 1.74. The molecule has 4 nitrogen and oxygen atoms in total. The summed E-state index contributed by atoms with van der Waals surface area (Å²) in [7, 11) is 0. The van der Waals surface area contributed by atoms with Crippen molar-refractivity contribution in [2.24, 2.45) is 0 Å². The second-order valence-corrected chi connectivity index (χ2v) is 4.82. The summed E-state index contributed by atoms with van der Waals surface area (Å²) < 4.78 is 8.05. The second kappa shape index (κ2) is 6.17. The molecule has 2 rings (SSSR count). The Kier molecular flexibility index (Phi) is 4.57. The molecule has 0 amide bonds. The molecule has 1 aliphatic heterocycles. The first-order valence-electron chi connectivity index (χ1n) is 6.64. The molecular formula is C13H23N3O. The maximum absolute atomic E-state index is 6.01. The fraction of sp³-hybridized carbons (Fsp3) is 0.769. The minimum atomic E-state index is 0.335. The van der Waals surface area contributed by atoms with E-state index in [9.17, 15) is 0 Å². The second-order valence-electron chi connectivity index (χ2n) is 4.82. The van der Waals surface area contributed by atoms with Gasteiger partial charge in [0.1, 0.15) is 0 Å². The molecule has 2 heterocycles. The van der Waals surface area contributed by atoms with Gasteiger partial charge in [0, 0.05) is 18.4 Å². The Morgan fingerprint density at radius 3 is 3.00 bits per heavy atom. The normalized spacial score (nSPS) is 24.4. The van der Waals surface area contributed by atoms with Crippen LogP contribution in [0.15, 0.2) is 12.3 Å². The molecule has 1 aromatic heterocycles. The molecule has 17 heavy (non-hydrogen) atoms. The van der Waals surface area contributed by atoms with Crippen LogP contribution in [-0.2, 0) is 11.3 Å². The molecule has 96 valence electrons. The Bertz CT molecular complexity index is 337. The van der Waals surface area contributed by atoms with Gasteiger partial charge in [0.2, 0.25) is 0 Å². The van der Waals surface area contributed by atoms with Crippen molar-refractivity contribution in [1.82, 2.24) is 15.1 Å². The van der Waals surface area contributed by atoms with Gasteiger partial charge < -0.3 is 10.1 Å². The average Bonchev–Trinajstić information content (AvgIpc) is 2.91. The highest BCUT2D eigenvalue weighted by atomic mass is 16.5. The van der Waals surface area contributed by atoms with Crippen LogP contribution < -0.4 is 5.32 Å². The average molecular weight is 237 g/mol. The van der Waals surface area contributed by atoms with E-state index in [0.717, 1.165) is 26.1 Å². The lowest BCUT2D eigenvalue weighted by molar-refractivity contribution is 0.0340. The molecule has 0 aromatic carbocycles. The summed E-state index contributed by atoms with van der Waals surface area (Å²) in [5.41, 5.74) is 1.21. The molecule has 1 aromatic rings. The first-order valence-corrected chi connectivity index (χ1v) is 6.64. The highest BCUT2D eigenvalue weighted by Crippen LogP contribution is 2.20. The van der Waals surface area contributed by atoms with Crippen LogP contribution in [0.2, 0.25) is 0 Å². The molecule has 2 atom stereocenters. The number of nitrogens with zero attached hydrogens (tertiary/aromatic N) is 2. The molecule has 0 radical (unpaired) electrons. The summed E-state index contributed by atoms with van der Waals surface area (Å²) >= 11 is 0. The zero-order valence-corrected chi connectivity index (χ0v) is 10.9. The summed E-state index contributed by atoms with van der Waals surface area (Å²) in [6.07, 6.45) is 6.08. The number of rotatable bonds is 6. The quantitative estimate of drug-likeness (QED) is 0.766. The largest absolute Gasteiger partial charge is 0.372 e. The SMILES string of the molecule is CCCNCC1CCC(Cn2nccc2C)O1. The fourth-order valence-corrected chi connectivity index (χ4v) is 2.29. The third-order valence-electron chi connectivity index (χ3n) is 3.30. The van der Waals surface area contributed by atoms with Crippen LogP contribution in [0.5, 0.6) is 0 Å². The highest BCUT2D eigenvalue weighted by Gasteiger charge is 2.25. The van der Waals surface area contributed by atoms with E-state index in [0.29, 0.717) is 12.2 Å². The third-order valence-corrected chi connectivity index (χ3v) is 3.30. The predicted molar refractivity (Wildman–Crippen MR) is 68.0 cm³/mol. The Hall–Kier alpha value is -0.870. The summed E-state index contributed by atoms with van der Waals surface area (Å²) in [5, 5.41) is 7.72. The third kappa shape index (κ3) is 3.54. The Labute approximate surface area is 103 Å². The summed E-state index contributed by atoms with van der Waals surface area (Å²) in [4.78, 5) is 0. The van der Waals surface area contributed by atoms with Gasteiger partial charge in [-0.2, -0.15) is 5.10 Å². The number of aryl methyl sites for hydroxylation is 1. The van der Waals surface area contributed by atoms with E-state index in [1.54, 1.807) is 0 Å². The van der Waals surface area contributed by atoms with Crippen molar-refractivity contribution >= 4 is 0 Å². The molecule has 0 aliphatic carbocycles. The molecular weight excluding hydrogens is 214 g/mol. The molecule has 0 spiro atoms. The van der Waals surface area contributed by atoms with Gasteiger partial charge in [-0.3, -0.25) is 4.68 Å². The van der Waals surface area contributed by atoms with E-state index in [1.807, 2.05) is 16.9 Å². The lowest BCUT2D eigenvalue weighted by Gasteiger charge is -2.15. The van der Waals surface area contributed by atoms with Crippen molar-refractivity contribution in [3.8, 4) is 0 Å². The fourth-order valence-electron chi connectivity index (χ4n) is 2.29. The summed E-state index contributed by atoms with van der Waals surface area (Å²) in [5.74, 6) is 0. The van der Waals surface area contributed by atoms with E-state index < -0.39 is 0 Å². The number of aromatic nitrogens is 2. The molecule has 2 unspecified atom stereocenters. The lowest BCUT2D eigenvalue weighted by Crippen LogP contribution is -2.28. The van der Waals surface area contributed by atoms with Gasteiger partial charge in [0.05, 0.1) is 18.8 Å². The minimum absolute atomic E-state index is 0.335. The van der Waals surface area contributed by atoms with Gasteiger partial charge in [-0.05, 0) is 38.8 Å². The van der Waals surface area contributed by atoms with E-state index in [-0.39, 0.29) is 0 Å². The van der Waals surface area contributed by atoms with Crippen molar-refractivity contribution in [2.75, 3.05) is 13.1 Å². The zero-order chi connectivity index (χ0) is 12.1. The van der Waals surface area contributed by atoms with E-state index in [4.69, 9.17) is 4.74 Å². The van der Waals surface area contributed by atoms with E-state index in [2.05, 4.69) is 24.3 Å². The van der Waals surface area contributed by atoms with Crippen molar-refractivity contribution in [3.63, 3.8) is 0 Å². The van der Waals surface area contributed by atoms with Gasteiger partial charge in [-0.25, -0.2) is 0 Å². The number of ether oxygens (including phenoxy) is 1. The van der Waals surface area contributed by atoms with Crippen LogP contribution >= 0.6 is 0 Å². The molecule has 0 bridgehead atoms.